The molecular weight excluding hydrogens is 320 g/mol. The van der Waals surface area contributed by atoms with Crippen molar-refractivity contribution in [3.8, 4) is 0 Å². The van der Waals surface area contributed by atoms with E-state index in [-0.39, 0.29) is 0 Å². The number of aliphatic hydroxyl groups excluding tert-OH is 1. The number of aliphatic hydroxyl groups is 1. The topological polar surface area (TPSA) is 79.2 Å². The summed E-state index contributed by atoms with van der Waals surface area (Å²) in [4.78, 5) is 24.0. The number of esters is 1. The molecule has 1 atom stereocenters. The summed E-state index contributed by atoms with van der Waals surface area (Å²) in [6.07, 6.45) is -0.757. The summed E-state index contributed by atoms with van der Waals surface area (Å²) in [5, 5.41) is 15.5. The summed E-state index contributed by atoms with van der Waals surface area (Å²) in [7, 11) is 0. The lowest BCUT2D eigenvalue weighted by atomic mass is 10.1. The van der Waals surface area contributed by atoms with E-state index in [0.717, 1.165) is 11.3 Å². The molecule has 0 bridgehead atoms. The average molecular weight is 338 g/mol. The molecule has 0 saturated heterocycles. The van der Waals surface area contributed by atoms with Crippen molar-refractivity contribution < 1.29 is 19.4 Å². The first-order valence-electron chi connectivity index (χ1n) is 7.98. The second-order valence-electron chi connectivity index (χ2n) is 5.60. The van der Waals surface area contributed by atoms with Gasteiger partial charge in [-0.25, -0.2) is 9.80 Å². The Morgan fingerprint density at radius 2 is 1.72 bits per heavy atom. The van der Waals surface area contributed by atoms with Gasteiger partial charge in [0.15, 0.2) is 12.7 Å². The molecule has 1 N–H and O–H groups in total. The van der Waals surface area contributed by atoms with E-state index in [2.05, 4.69) is 5.10 Å². The van der Waals surface area contributed by atoms with Crippen LogP contribution in [-0.4, -0.2) is 40.9 Å². The van der Waals surface area contributed by atoms with E-state index < -0.39 is 24.6 Å². The second kappa shape index (κ2) is 7.72. The van der Waals surface area contributed by atoms with Crippen LogP contribution in [0.5, 0.6) is 0 Å². The van der Waals surface area contributed by atoms with Gasteiger partial charge in [0.1, 0.15) is 0 Å². The van der Waals surface area contributed by atoms with E-state index in [1.54, 1.807) is 30.3 Å². The minimum atomic E-state index is -1.41. The zero-order valence-corrected chi connectivity index (χ0v) is 13.5. The van der Waals surface area contributed by atoms with E-state index in [4.69, 9.17) is 4.74 Å². The number of ether oxygens (including phenoxy) is 1. The van der Waals surface area contributed by atoms with Crippen LogP contribution in [0, 0.1) is 0 Å². The molecule has 1 amide bonds. The van der Waals surface area contributed by atoms with Gasteiger partial charge in [-0.05, 0) is 11.1 Å². The Labute approximate surface area is 145 Å². The van der Waals surface area contributed by atoms with Crippen molar-refractivity contribution in [3.05, 3.63) is 71.8 Å². The molecule has 2 aromatic carbocycles. The van der Waals surface area contributed by atoms with Gasteiger partial charge >= 0.3 is 5.97 Å². The van der Waals surface area contributed by atoms with Crippen LogP contribution in [0.1, 0.15) is 23.7 Å². The molecule has 3 rings (SSSR count). The molecule has 0 aliphatic carbocycles. The predicted molar refractivity (Wildman–Crippen MR) is 91.7 cm³/mol. The molecule has 1 aliphatic heterocycles. The van der Waals surface area contributed by atoms with Crippen molar-refractivity contribution in [3.63, 3.8) is 0 Å². The van der Waals surface area contributed by atoms with Crippen molar-refractivity contribution in [2.24, 2.45) is 5.10 Å². The molecule has 0 aromatic heterocycles. The summed E-state index contributed by atoms with van der Waals surface area (Å²) < 4.78 is 4.92. The van der Waals surface area contributed by atoms with Gasteiger partial charge < -0.3 is 9.84 Å². The largest absolute Gasteiger partial charge is 0.453 e. The van der Waals surface area contributed by atoms with Crippen molar-refractivity contribution in [2.45, 2.75) is 12.5 Å². The van der Waals surface area contributed by atoms with E-state index >= 15 is 0 Å². The van der Waals surface area contributed by atoms with Crippen LogP contribution in [0.25, 0.3) is 0 Å². The van der Waals surface area contributed by atoms with Crippen LogP contribution < -0.4 is 0 Å². The SMILES string of the molecule is O=C(OCC(=O)N1CCC(c2ccccc2)=N1)[C@@H](O)c1ccccc1. The minimum Gasteiger partial charge on any atom is -0.453 e. The van der Waals surface area contributed by atoms with E-state index in [9.17, 15) is 14.7 Å². The molecule has 25 heavy (non-hydrogen) atoms. The number of carbonyl (C=O) groups excluding carboxylic acids is 2. The number of carbonyl (C=O) groups is 2. The highest BCUT2D eigenvalue weighted by Gasteiger charge is 2.24. The lowest BCUT2D eigenvalue weighted by Gasteiger charge is -2.13. The Hall–Kier alpha value is -2.99. The number of benzene rings is 2. The smallest absolute Gasteiger partial charge is 0.340 e. The van der Waals surface area contributed by atoms with E-state index in [1.165, 1.54) is 5.01 Å². The highest BCUT2D eigenvalue weighted by Crippen LogP contribution is 2.15. The normalized spacial score (nSPS) is 14.8. The molecular formula is C19H18N2O4. The number of rotatable bonds is 5. The van der Waals surface area contributed by atoms with Crippen molar-refractivity contribution >= 4 is 17.6 Å². The van der Waals surface area contributed by atoms with Crippen LogP contribution >= 0.6 is 0 Å². The summed E-state index contributed by atoms with van der Waals surface area (Å²) in [5.41, 5.74) is 2.21. The number of nitrogens with zero attached hydrogens (tertiary/aromatic N) is 2. The number of amides is 1. The zero-order chi connectivity index (χ0) is 17.6. The Morgan fingerprint density at radius 3 is 2.40 bits per heavy atom. The fourth-order valence-corrected chi connectivity index (χ4v) is 2.53. The highest BCUT2D eigenvalue weighted by molar-refractivity contribution is 6.02. The van der Waals surface area contributed by atoms with Gasteiger partial charge in [0.05, 0.1) is 12.3 Å². The predicted octanol–water partition coefficient (Wildman–Crippen LogP) is 1.90. The molecule has 0 fully saturated rings. The molecule has 128 valence electrons. The third-order valence-corrected chi connectivity index (χ3v) is 3.87. The fourth-order valence-electron chi connectivity index (χ4n) is 2.53. The Balaban J connectivity index is 1.55. The molecule has 6 heteroatoms. The highest BCUT2D eigenvalue weighted by atomic mass is 16.5. The standard InChI is InChI=1S/C19H18N2O4/c22-17(13-25-19(24)18(23)15-9-5-2-6-10-15)21-12-11-16(20-21)14-7-3-1-4-8-14/h1-10,18,23H,11-13H2/t18-/m0/s1. The van der Waals surface area contributed by atoms with Gasteiger partial charge in [0.25, 0.3) is 5.91 Å². The van der Waals surface area contributed by atoms with Crippen LogP contribution in [0.15, 0.2) is 65.8 Å². The molecule has 6 nitrogen and oxygen atoms in total. The maximum Gasteiger partial charge on any atom is 0.340 e. The lowest BCUT2D eigenvalue weighted by molar-refractivity contribution is -0.159. The van der Waals surface area contributed by atoms with Crippen LogP contribution in [0.2, 0.25) is 0 Å². The molecule has 0 unspecified atom stereocenters. The third kappa shape index (κ3) is 4.10. The number of hydrogen-bond acceptors (Lipinski definition) is 5. The van der Waals surface area contributed by atoms with Crippen LogP contribution in [0.3, 0.4) is 0 Å². The van der Waals surface area contributed by atoms with Gasteiger partial charge in [0.2, 0.25) is 0 Å². The third-order valence-electron chi connectivity index (χ3n) is 3.87. The van der Waals surface area contributed by atoms with Gasteiger partial charge in [-0.2, -0.15) is 5.10 Å². The van der Waals surface area contributed by atoms with Gasteiger partial charge in [-0.1, -0.05) is 60.7 Å². The first-order chi connectivity index (χ1) is 12.1. The van der Waals surface area contributed by atoms with Gasteiger partial charge in [-0.3, -0.25) is 4.79 Å². The minimum absolute atomic E-state index is 0.417. The van der Waals surface area contributed by atoms with Crippen LogP contribution in [-0.2, 0) is 14.3 Å². The fraction of sp³-hybridized carbons (Fsp3) is 0.211. The molecule has 2 aromatic rings. The van der Waals surface area contributed by atoms with Crippen LogP contribution in [0.4, 0.5) is 0 Å². The van der Waals surface area contributed by atoms with Crippen molar-refractivity contribution in [1.82, 2.24) is 5.01 Å². The quantitative estimate of drug-likeness (QED) is 0.845. The molecule has 0 spiro atoms. The first kappa shape index (κ1) is 16.9. The van der Waals surface area contributed by atoms with Crippen molar-refractivity contribution in [2.75, 3.05) is 13.2 Å². The molecule has 0 radical (unpaired) electrons. The first-order valence-corrected chi connectivity index (χ1v) is 7.98. The Kier molecular flexibility index (Phi) is 5.20. The zero-order valence-electron chi connectivity index (χ0n) is 13.5. The monoisotopic (exact) mass is 338 g/mol. The maximum absolute atomic E-state index is 12.1. The average Bonchev–Trinajstić information content (AvgIpc) is 3.17. The summed E-state index contributed by atoms with van der Waals surface area (Å²) in [6.45, 7) is -0.00382. The molecule has 0 saturated carbocycles. The Bertz CT molecular complexity index is 775. The summed E-state index contributed by atoms with van der Waals surface area (Å²) in [5.74, 6) is -1.27. The molecule has 1 heterocycles. The van der Waals surface area contributed by atoms with Gasteiger partial charge in [0, 0.05) is 6.42 Å². The number of hydrazone groups is 1. The Morgan fingerprint density at radius 1 is 1.08 bits per heavy atom. The second-order valence-corrected chi connectivity index (χ2v) is 5.60. The lowest BCUT2D eigenvalue weighted by Crippen LogP contribution is -2.30. The van der Waals surface area contributed by atoms with Crippen molar-refractivity contribution in [1.29, 1.82) is 0 Å². The number of hydrogen-bond donors (Lipinski definition) is 1. The van der Waals surface area contributed by atoms with E-state index in [0.29, 0.717) is 18.5 Å². The van der Waals surface area contributed by atoms with Gasteiger partial charge in [-0.15, -0.1) is 0 Å². The van der Waals surface area contributed by atoms with E-state index in [1.807, 2.05) is 30.3 Å². The molecule has 1 aliphatic rings. The maximum atomic E-state index is 12.1. The summed E-state index contributed by atoms with van der Waals surface area (Å²) in [6, 6.07) is 18.0. The summed E-state index contributed by atoms with van der Waals surface area (Å²) >= 11 is 0.